The van der Waals surface area contributed by atoms with E-state index in [9.17, 15) is 0 Å². The molecule has 2 unspecified atom stereocenters. The molecule has 256 valence electrons. The molecular weight excluding hydrogens is 641 g/mol. The van der Waals surface area contributed by atoms with Crippen molar-refractivity contribution in [2.75, 3.05) is 7.05 Å². The highest BCUT2D eigenvalue weighted by molar-refractivity contribution is 6.08. The minimum atomic E-state index is 0.0338. The first-order chi connectivity index (χ1) is 26.0. The fourth-order valence-corrected chi connectivity index (χ4v) is 7.85. The second-order valence-corrected chi connectivity index (χ2v) is 14.4. The van der Waals surface area contributed by atoms with E-state index >= 15 is 0 Å². The lowest BCUT2D eigenvalue weighted by Gasteiger charge is -2.30. The number of fused-ring (bicyclic) bond motifs is 3. The number of nitrogens with one attached hydrogen (secondary N) is 1. The van der Waals surface area contributed by atoms with Gasteiger partial charge >= 0.3 is 0 Å². The molecule has 7 aromatic rings. The smallest absolute Gasteiger partial charge is 0.0707 e. The zero-order valence-corrected chi connectivity index (χ0v) is 30.4. The highest BCUT2D eigenvalue weighted by Crippen LogP contribution is 2.38. The minimum Gasteiger partial charge on any atom is -0.374 e. The topological polar surface area (TPSA) is 15.3 Å². The predicted octanol–water partition coefficient (Wildman–Crippen LogP) is 12.7. The van der Waals surface area contributed by atoms with Crippen molar-refractivity contribution in [2.45, 2.75) is 25.9 Å². The third-order valence-electron chi connectivity index (χ3n) is 11.1. The summed E-state index contributed by atoms with van der Waals surface area (Å²) in [4.78, 5) is 2.32. The van der Waals surface area contributed by atoms with Gasteiger partial charge in [-0.25, -0.2) is 0 Å². The van der Waals surface area contributed by atoms with E-state index in [4.69, 9.17) is 0 Å². The molecule has 2 aliphatic heterocycles. The van der Waals surface area contributed by atoms with Crippen molar-refractivity contribution in [1.82, 2.24) is 10.2 Å². The summed E-state index contributed by atoms with van der Waals surface area (Å²) >= 11 is 0. The van der Waals surface area contributed by atoms with Crippen LogP contribution in [-0.2, 0) is 0 Å². The second kappa shape index (κ2) is 13.6. The molecule has 2 heterocycles. The Kier molecular flexibility index (Phi) is 8.37. The van der Waals surface area contributed by atoms with Gasteiger partial charge in [-0.05, 0) is 134 Å². The maximum atomic E-state index is 3.83. The molecule has 2 nitrogen and oxygen atoms in total. The number of nitrogens with zero attached hydrogens (tertiary/aromatic N) is 1. The predicted molar refractivity (Wildman–Crippen MR) is 226 cm³/mol. The van der Waals surface area contributed by atoms with Crippen molar-refractivity contribution in [2.24, 2.45) is 0 Å². The summed E-state index contributed by atoms with van der Waals surface area (Å²) in [5, 5.41) is 8.90. The number of likely N-dealkylation sites (N-methyl/N-ethyl adjacent to an activating group) is 1. The molecule has 0 radical (unpaired) electrons. The van der Waals surface area contributed by atoms with Crippen molar-refractivity contribution < 1.29 is 0 Å². The van der Waals surface area contributed by atoms with E-state index in [2.05, 4.69) is 213 Å². The normalized spacial score (nSPS) is 17.2. The molecule has 0 saturated heterocycles. The van der Waals surface area contributed by atoms with Gasteiger partial charge in [0.25, 0.3) is 0 Å². The molecule has 0 aromatic heterocycles. The van der Waals surface area contributed by atoms with E-state index in [1.54, 1.807) is 0 Å². The monoisotopic (exact) mass is 682 g/mol. The molecule has 0 bridgehead atoms. The fraction of sp³-hybridized carbons (Fsp3) is 0.0980. The Morgan fingerprint density at radius 1 is 0.472 bits per heavy atom. The van der Waals surface area contributed by atoms with E-state index in [0.717, 1.165) is 5.70 Å². The van der Waals surface area contributed by atoms with Crippen LogP contribution in [-0.4, -0.2) is 18.0 Å². The van der Waals surface area contributed by atoms with Crippen molar-refractivity contribution in [3.63, 3.8) is 0 Å². The first-order valence-corrected chi connectivity index (χ1v) is 18.6. The third-order valence-corrected chi connectivity index (χ3v) is 11.1. The highest BCUT2D eigenvalue weighted by Gasteiger charge is 2.20. The van der Waals surface area contributed by atoms with Gasteiger partial charge in [0.05, 0.1) is 6.04 Å². The molecule has 0 aliphatic carbocycles. The van der Waals surface area contributed by atoms with Crippen LogP contribution in [0.1, 0.15) is 42.1 Å². The van der Waals surface area contributed by atoms with Gasteiger partial charge in [-0.2, -0.15) is 0 Å². The Morgan fingerprint density at radius 3 is 1.81 bits per heavy atom. The van der Waals surface area contributed by atoms with Crippen LogP contribution in [0.15, 0.2) is 188 Å². The summed E-state index contributed by atoms with van der Waals surface area (Å²) in [5.41, 5.74) is 14.5. The number of allylic oxidation sites excluding steroid dienone is 5. The average molecular weight is 683 g/mol. The number of hydrogen-bond acceptors (Lipinski definition) is 2. The number of dihydropyridines is 1. The first kappa shape index (κ1) is 32.5. The fourth-order valence-electron chi connectivity index (χ4n) is 7.85. The second-order valence-electron chi connectivity index (χ2n) is 14.4. The maximum Gasteiger partial charge on any atom is 0.0707 e. The van der Waals surface area contributed by atoms with Gasteiger partial charge in [0.2, 0.25) is 0 Å². The SMILES string of the molecule is CC1=CC(c2ccc(-c3cc(C4=CC(c5ccccc5)NC(c5ccccc5)=C4)cc(-c4ccc5ccc6ccccc6c5c4)c3)cc2)=CC(C)N1C. The molecule has 2 aliphatic rings. The number of benzene rings is 7. The summed E-state index contributed by atoms with van der Waals surface area (Å²) in [6.45, 7) is 4.44. The third kappa shape index (κ3) is 6.38. The molecule has 9 rings (SSSR count). The lowest BCUT2D eigenvalue weighted by Crippen LogP contribution is -2.28. The quantitative estimate of drug-likeness (QED) is 0.176. The Balaban J connectivity index is 1.20. The molecule has 0 amide bonds. The molecule has 53 heavy (non-hydrogen) atoms. The van der Waals surface area contributed by atoms with E-state index < -0.39 is 0 Å². The van der Waals surface area contributed by atoms with Crippen LogP contribution in [0.2, 0.25) is 0 Å². The Bertz CT molecular complexity index is 2610. The maximum absolute atomic E-state index is 3.83. The molecule has 2 atom stereocenters. The van der Waals surface area contributed by atoms with Gasteiger partial charge in [0.15, 0.2) is 0 Å². The average Bonchev–Trinajstić information content (AvgIpc) is 3.22. The van der Waals surface area contributed by atoms with Crippen LogP contribution >= 0.6 is 0 Å². The van der Waals surface area contributed by atoms with Gasteiger partial charge in [0, 0.05) is 24.5 Å². The van der Waals surface area contributed by atoms with Gasteiger partial charge in [-0.15, -0.1) is 0 Å². The molecule has 0 saturated carbocycles. The summed E-state index contributed by atoms with van der Waals surface area (Å²) in [7, 11) is 2.16. The van der Waals surface area contributed by atoms with Gasteiger partial charge in [0.1, 0.15) is 0 Å². The van der Waals surface area contributed by atoms with Crippen LogP contribution < -0.4 is 5.32 Å². The Hall–Kier alpha value is -6.38. The molecule has 2 heteroatoms. The zero-order chi connectivity index (χ0) is 35.9. The van der Waals surface area contributed by atoms with E-state index in [1.807, 2.05) is 0 Å². The van der Waals surface area contributed by atoms with Crippen LogP contribution in [0.5, 0.6) is 0 Å². The summed E-state index contributed by atoms with van der Waals surface area (Å²) in [6.07, 6.45) is 9.34. The van der Waals surface area contributed by atoms with E-state index in [0.29, 0.717) is 6.04 Å². The molecule has 0 spiro atoms. The van der Waals surface area contributed by atoms with E-state index in [-0.39, 0.29) is 6.04 Å². The van der Waals surface area contributed by atoms with Crippen LogP contribution in [0, 0.1) is 0 Å². The minimum absolute atomic E-state index is 0.0338. The van der Waals surface area contributed by atoms with Crippen molar-refractivity contribution in [3.05, 3.63) is 210 Å². The van der Waals surface area contributed by atoms with Crippen LogP contribution in [0.4, 0.5) is 0 Å². The molecule has 0 fully saturated rings. The number of rotatable bonds is 6. The summed E-state index contributed by atoms with van der Waals surface area (Å²) < 4.78 is 0. The summed E-state index contributed by atoms with van der Waals surface area (Å²) in [5.74, 6) is 0. The van der Waals surface area contributed by atoms with Gasteiger partial charge < -0.3 is 10.2 Å². The van der Waals surface area contributed by atoms with Gasteiger partial charge in [-0.1, -0.05) is 140 Å². The lowest BCUT2D eigenvalue weighted by atomic mass is 9.88. The Morgan fingerprint density at radius 2 is 1.06 bits per heavy atom. The van der Waals surface area contributed by atoms with Crippen molar-refractivity contribution in [3.8, 4) is 22.3 Å². The van der Waals surface area contributed by atoms with Crippen molar-refractivity contribution >= 4 is 38.4 Å². The number of hydrogen-bond donors (Lipinski definition) is 1. The molecule has 7 aromatic carbocycles. The van der Waals surface area contributed by atoms with E-state index in [1.165, 1.54) is 82.9 Å². The molecular formula is C51H42N2. The summed E-state index contributed by atoms with van der Waals surface area (Å²) in [6, 6.07) is 58.1. The largest absolute Gasteiger partial charge is 0.374 e. The van der Waals surface area contributed by atoms with Crippen molar-refractivity contribution in [1.29, 1.82) is 0 Å². The highest BCUT2D eigenvalue weighted by atomic mass is 15.1. The lowest BCUT2D eigenvalue weighted by molar-refractivity contribution is 0.370. The van der Waals surface area contributed by atoms with Gasteiger partial charge in [-0.3, -0.25) is 0 Å². The molecule has 1 N–H and O–H groups in total. The standard InChI is InChI=1S/C51H42N2/c1-34-26-43(27-35(2)53(34)3)36-18-20-37(21-19-36)44-28-45(42-25-24-39-23-22-38-12-10-11-17-48(38)49(39)31-42)30-46(29-44)47-32-50(40-13-6-4-7-14-40)52-51(33-47)41-15-8-5-9-16-41/h4-34,50,52H,1-3H3. The van der Waals surface area contributed by atoms with Crippen LogP contribution in [0.3, 0.4) is 0 Å². The zero-order valence-electron chi connectivity index (χ0n) is 30.4. The first-order valence-electron chi connectivity index (χ1n) is 18.6. The van der Waals surface area contributed by atoms with Crippen LogP contribution in [0.25, 0.3) is 60.6 Å². The Labute approximate surface area is 312 Å².